The first-order chi connectivity index (χ1) is 12.6. The molecule has 0 radical (unpaired) electrons. The summed E-state index contributed by atoms with van der Waals surface area (Å²) in [5.74, 6) is 0.424. The second kappa shape index (κ2) is 8.43. The zero-order valence-electron chi connectivity index (χ0n) is 16.1. The van der Waals surface area contributed by atoms with Crippen molar-refractivity contribution in [1.82, 2.24) is 5.32 Å². The van der Waals surface area contributed by atoms with Gasteiger partial charge in [-0.05, 0) is 29.2 Å². The van der Waals surface area contributed by atoms with E-state index in [1.54, 1.807) is 24.3 Å². The van der Waals surface area contributed by atoms with E-state index in [4.69, 9.17) is 4.74 Å². The standard InChI is InChI=1S/C20H26N2O4S/c1-20(2,3)16-10-6-8-12-18(16)26-14-13-21-19(23)15-9-5-7-11-17(15)22-27(4,24)25/h5-12,22H,13-14H2,1-4H3,(H,21,23). The number of sulfonamides is 1. The molecule has 1 amide bonds. The predicted molar refractivity (Wildman–Crippen MR) is 108 cm³/mol. The highest BCUT2D eigenvalue weighted by molar-refractivity contribution is 7.92. The molecule has 0 heterocycles. The number of hydrogen-bond acceptors (Lipinski definition) is 4. The lowest BCUT2D eigenvalue weighted by Gasteiger charge is -2.22. The molecule has 0 fully saturated rings. The number of amides is 1. The minimum absolute atomic E-state index is 0.0455. The van der Waals surface area contributed by atoms with Crippen LogP contribution in [-0.4, -0.2) is 33.7 Å². The fraction of sp³-hybridized carbons (Fsp3) is 0.350. The molecule has 0 spiro atoms. The van der Waals surface area contributed by atoms with Gasteiger partial charge in [-0.15, -0.1) is 0 Å². The number of hydrogen-bond donors (Lipinski definition) is 2. The number of ether oxygens (including phenoxy) is 1. The van der Waals surface area contributed by atoms with Crippen LogP contribution < -0.4 is 14.8 Å². The van der Waals surface area contributed by atoms with Gasteiger partial charge in [0.15, 0.2) is 0 Å². The molecule has 0 aliphatic heterocycles. The van der Waals surface area contributed by atoms with Crippen LogP contribution in [0.1, 0.15) is 36.7 Å². The molecule has 0 atom stereocenters. The van der Waals surface area contributed by atoms with Crippen LogP contribution in [0.25, 0.3) is 0 Å². The van der Waals surface area contributed by atoms with Crippen LogP contribution in [0.5, 0.6) is 5.75 Å². The number of carbonyl (C=O) groups is 1. The van der Waals surface area contributed by atoms with E-state index >= 15 is 0 Å². The van der Waals surface area contributed by atoms with Gasteiger partial charge >= 0.3 is 0 Å². The van der Waals surface area contributed by atoms with Crippen LogP contribution in [0, 0.1) is 0 Å². The number of rotatable bonds is 7. The van der Waals surface area contributed by atoms with Crippen molar-refractivity contribution in [2.24, 2.45) is 0 Å². The number of para-hydroxylation sites is 2. The minimum atomic E-state index is -3.47. The summed E-state index contributed by atoms with van der Waals surface area (Å²) in [4.78, 5) is 12.4. The van der Waals surface area contributed by atoms with E-state index in [2.05, 4.69) is 30.8 Å². The zero-order chi connectivity index (χ0) is 20.1. The summed E-state index contributed by atoms with van der Waals surface area (Å²) in [5.41, 5.74) is 1.56. The fourth-order valence-corrected chi connectivity index (χ4v) is 3.18. The molecule has 6 nitrogen and oxygen atoms in total. The molecule has 0 aliphatic carbocycles. The van der Waals surface area contributed by atoms with Crippen molar-refractivity contribution in [3.8, 4) is 5.75 Å². The molecule has 27 heavy (non-hydrogen) atoms. The van der Waals surface area contributed by atoms with Gasteiger partial charge in [0, 0.05) is 0 Å². The molecule has 0 saturated carbocycles. The van der Waals surface area contributed by atoms with Crippen molar-refractivity contribution in [2.75, 3.05) is 24.1 Å². The molecule has 0 saturated heterocycles. The molecule has 2 aromatic rings. The Morgan fingerprint density at radius 1 is 1.04 bits per heavy atom. The summed E-state index contributed by atoms with van der Waals surface area (Å²) in [6.45, 7) is 6.94. The minimum Gasteiger partial charge on any atom is -0.491 e. The number of benzene rings is 2. The van der Waals surface area contributed by atoms with E-state index in [0.29, 0.717) is 13.2 Å². The number of nitrogens with one attached hydrogen (secondary N) is 2. The average molecular weight is 391 g/mol. The normalized spacial score (nSPS) is 11.7. The second-order valence-corrected chi connectivity index (χ2v) is 9.02. The Morgan fingerprint density at radius 2 is 1.67 bits per heavy atom. The molecule has 2 N–H and O–H groups in total. The Bertz CT molecular complexity index is 902. The van der Waals surface area contributed by atoms with Crippen LogP contribution >= 0.6 is 0 Å². The third kappa shape index (κ3) is 6.29. The van der Waals surface area contributed by atoms with Gasteiger partial charge in [0.1, 0.15) is 12.4 Å². The Labute approximate surface area is 161 Å². The quantitative estimate of drug-likeness (QED) is 0.711. The Hall–Kier alpha value is -2.54. The van der Waals surface area contributed by atoms with Gasteiger partial charge in [0.25, 0.3) is 5.91 Å². The molecule has 7 heteroatoms. The lowest BCUT2D eigenvalue weighted by molar-refractivity contribution is 0.0947. The van der Waals surface area contributed by atoms with E-state index in [1.807, 2.05) is 24.3 Å². The van der Waals surface area contributed by atoms with E-state index in [0.717, 1.165) is 17.6 Å². The van der Waals surface area contributed by atoms with Gasteiger partial charge in [-0.3, -0.25) is 9.52 Å². The SMILES string of the molecule is CC(C)(C)c1ccccc1OCCNC(=O)c1ccccc1NS(C)(=O)=O. The van der Waals surface area contributed by atoms with Crippen LogP contribution in [0.2, 0.25) is 0 Å². The average Bonchev–Trinajstić information content (AvgIpc) is 2.57. The van der Waals surface area contributed by atoms with Crippen molar-refractivity contribution in [3.05, 3.63) is 59.7 Å². The van der Waals surface area contributed by atoms with E-state index in [-0.39, 0.29) is 22.6 Å². The van der Waals surface area contributed by atoms with Gasteiger partial charge in [0.05, 0.1) is 24.1 Å². The third-order valence-electron chi connectivity index (χ3n) is 3.81. The summed E-state index contributed by atoms with van der Waals surface area (Å²) < 4.78 is 31.1. The Balaban J connectivity index is 1.97. The van der Waals surface area contributed by atoms with Gasteiger partial charge < -0.3 is 10.1 Å². The maximum Gasteiger partial charge on any atom is 0.253 e. The Morgan fingerprint density at radius 3 is 2.33 bits per heavy atom. The van der Waals surface area contributed by atoms with Crippen LogP contribution in [0.4, 0.5) is 5.69 Å². The van der Waals surface area contributed by atoms with E-state index in [1.165, 1.54) is 0 Å². The maximum absolute atomic E-state index is 12.4. The highest BCUT2D eigenvalue weighted by atomic mass is 32.2. The van der Waals surface area contributed by atoms with Gasteiger partial charge in [-0.1, -0.05) is 51.1 Å². The predicted octanol–water partition coefficient (Wildman–Crippen LogP) is 3.16. The lowest BCUT2D eigenvalue weighted by Crippen LogP contribution is -2.29. The summed E-state index contributed by atoms with van der Waals surface area (Å²) in [7, 11) is -3.47. The van der Waals surface area contributed by atoms with Gasteiger partial charge in [-0.25, -0.2) is 8.42 Å². The molecule has 2 aromatic carbocycles. The van der Waals surface area contributed by atoms with E-state index in [9.17, 15) is 13.2 Å². The monoisotopic (exact) mass is 390 g/mol. The Kier molecular flexibility index (Phi) is 6.49. The maximum atomic E-state index is 12.4. The summed E-state index contributed by atoms with van der Waals surface area (Å²) in [5, 5.41) is 2.75. The fourth-order valence-electron chi connectivity index (χ4n) is 2.60. The number of carbonyl (C=O) groups excluding carboxylic acids is 1. The van der Waals surface area contributed by atoms with Crippen molar-refractivity contribution >= 4 is 21.6 Å². The third-order valence-corrected chi connectivity index (χ3v) is 4.40. The lowest BCUT2D eigenvalue weighted by atomic mass is 9.86. The zero-order valence-corrected chi connectivity index (χ0v) is 16.9. The molecule has 0 bridgehead atoms. The highest BCUT2D eigenvalue weighted by Gasteiger charge is 2.18. The van der Waals surface area contributed by atoms with Crippen molar-refractivity contribution < 1.29 is 17.9 Å². The molecule has 0 aromatic heterocycles. The van der Waals surface area contributed by atoms with Crippen molar-refractivity contribution in [1.29, 1.82) is 0 Å². The molecular weight excluding hydrogens is 364 g/mol. The molecule has 146 valence electrons. The summed E-state index contributed by atoms with van der Waals surface area (Å²) >= 11 is 0. The molecule has 0 unspecified atom stereocenters. The first-order valence-corrected chi connectivity index (χ1v) is 10.5. The van der Waals surface area contributed by atoms with Crippen LogP contribution in [0.3, 0.4) is 0 Å². The first-order valence-electron chi connectivity index (χ1n) is 8.65. The van der Waals surface area contributed by atoms with Gasteiger partial charge in [0.2, 0.25) is 10.0 Å². The summed E-state index contributed by atoms with van der Waals surface area (Å²) in [6.07, 6.45) is 1.04. The molecule has 2 rings (SSSR count). The summed E-state index contributed by atoms with van der Waals surface area (Å²) in [6, 6.07) is 14.3. The highest BCUT2D eigenvalue weighted by Crippen LogP contribution is 2.30. The first kappa shape index (κ1) is 20.8. The van der Waals surface area contributed by atoms with E-state index < -0.39 is 10.0 Å². The van der Waals surface area contributed by atoms with Crippen LogP contribution in [-0.2, 0) is 15.4 Å². The topological polar surface area (TPSA) is 84.5 Å². The molecular formula is C20H26N2O4S. The number of anilines is 1. The second-order valence-electron chi connectivity index (χ2n) is 7.27. The van der Waals surface area contributed by atoms with Gasteiger partial charge in [-0.2, -0.15) is 0 Å². The van der Waals surface area contributed by atoms with Crippen LogP contribution in [0.15, 0.2) is 48.5 Å². The largest absolute Gasteiger partial charge is 0.491 e. The molecule has 0 aliphatic rings. The van der Waals surface area contributed by atoms with Crippen molar-refractivity contribution in [3.63, 3.8) is 0 Å². The van der Waals surface area contributed by atoms with Crippen molar-refractivity contribution in [2.45, 2.75) is 26.2 Å². The smallest absolute Gasteiger partial charge is 0.253 e.